The van der Waals surface area contributed by atoms with Crippen molar-refractivity contribution in [2.75, 3.05) is 38.4 Å². The SMILES string of the molecule is COCCCNC(=O)C1CN(Cc2ccccc2)CC2C(=O)N(c3ccccc3)NC12. The van der Waals surface area contributed by atoms with Gasteiger partial charge in [-0.2, -0.15) is 0 Å². The number of rotatable bonds is 8. The fraction of sp³-hybridized carbons (Fsp3) is 0.417. The number of methoxy groups -OCH3 is 1. The summed E-state index contributed by atoms with van der Waals surface area (Å²) in [6.07, 6.45) is 0.763. The smallest absolute Gasteiger partial charge is 0.247 e. The molecule has 2 aromatic carbocycles. The first-order chi connectivity index (χ1) is 15.2. The minimum absolute atomic E-state index is 0.0147. The second kappa shape index (κ2) is 10.0. The number of hydrogen-bond acceptors (Lipinski definition) is 5. The number of para-hydroxylation sites is 1. The molecule has 2 amide bonds. The molecule has 2 heterocycles. The van der Waals surface area contributed by atoms with Crippen LogP contribution in [-0.4, -0.2) is 56.1 Å². The molecule has 3 unspecified atom stereocenters. The maximum absolute atomic E-state index is 13.3. The Morgan fingerprint density at radius 3 is 2.52 bits per heavy atom. The number of anilines is 1. The number of piperidine rings is 1. The first kappa shape index (κ1) is 21.5. The number of carbonyl (C=O) groups is 2. The first-order valence-corrected chi connectivity index (χ1v) is 10.9. The molecule has 2 aliphatic heterocycles. The fourth-order valence-corrected chi connectivity index (χ4v) is 4.48. The molecule has 0 bridgehead atoms. The Morgan fingerprint density at radius 1 is 1.10 bits per heavy atom. The number of amides is 2. The van der Waals surface area contributed by atoms with Crippen molar-refractivity contribution in [2.45, 2.75) is 19.0 Å². The third kappa shape index (κ3) is 4.95. The lowest BCUT2D eigenvalue weighted by Crippen LogP contribution is -2.56. The molecular weight excluding hydrogens is 392 g/mol. The van der Waals surface area contributed by atoms with Crippen LogP contribution in [0.3, 0.4) is 0 Å². The van der Waals surface area contributed by atoms with E-state index in [1.165, 1.54) is 5.56 Å². The van der Waals surface area contributed by atoms with Crippen molar-refractivity contribution in [2.24, 2.45) is 11.8 Å². The van der Waals surface area contributed by atoms with E-state index in [2.05, 4.69) is 27.8 Å². The van der Waals surface area contributed by atoms with Crippen LogP contribution in [0.5, 0.6) is 0 Å². The minimum atomic E-state index is -0.317. The Morgan fingerprint density at radius 2 is 1.81 bits per heavy atom. The molecule has 4 rings (SSSR count). The highest BCUT2D eigenvalue weighted by molar-refractivity contribution is 5.98. The van der Waals surface area contributed by atoms with Gasteiger partial charge in [-0.15, -0.1) is 0 Å². The van der Waals surface area contributed by atoms with Gasteiger partial charge in [-0.25, -0.2) is 10.4 Å². The van der Waals surface area contributed by atoms with Gasteiger partial charge in [0.2, 0.25) is 11.8 Å². The summed E-state index contributed by atoms with van der Waals surface area (Å²) < 4.78 is 5.08. The zero-order valence-electron chi connectivity index (χ0n) is 17.9. The summed E-state index contributed by atoms with van der Waals surface area (Å²) in [7, 11) is 1.65. The number of nitrogens with one attached hydrogen (secondary N) is 2. The Kier molecular flexibility index (Phi) is 6.96. The largest absolute Gasteiger partial charge is 0.385 e. The van der Waals surface area contributed by atoms with E-state index in [0.29, 0.717) is 26.2 Å². The molecule has 0 saturated carbocycles. The van der Waals surface area contributed by atoms with Crippen molar-refractivity contribution in [3.8, 4) is 0 Å². The van der Waals surface area contributed by atoms with E-state index < -0.39 is 0 Å². The lowest BCUT2D eigenvalue weighted by molar-refractivity contribution is -0.130. The molecule has 31 heavy (non-hydrogen) atoms. The molecular formula is C24H30N4O3. The third-order valence-electron chi connectivity index (χ3n) is 6.02. The van der Waals surface area contributed by atoms with Crippen LogP contribution in [0.25, 0.3) is 0 Å². The molecule has 3 atom stereocenters. The summed E-state index contributed by atoms with van der Waals surface area (Å²) in [5.74, 6) is -0.583. The van der Waals surface area contributed by atoms with Gasteiger partial charge >= 0.3 is 0 Å². The predicted octanol–water partition coefficient (Wildman–Crippen LogP) is 1.81. The summed E-state index contributed by atoms with van der Waals surface area (Å²) in [4.78, 5) is 28.6. The molecule has 2 saturated heterocycles. The van der Waals surface area contributed by atoms with Crippen molar-refractivity contribution in [3.63, 3.8) is 0 Å². The van der Waals surface area contributed by atoms with Crippen molar-refractivity contribution in [3.05, 3.63) is 66.2 Å². The van der Waals surface area contributed by atoms with Crippen LogP contribution in [0.15, 0.2) is 60.7 Å². The van der Waals surface area contributed by atoms with Gasteiger partial charge in [-0.05, 0) is 24.1 Å². The number of hydrogen-bond donors (Lipinski definition) is 2. The van der Waals surface area contributed by atoms with E-state index in [4.69, 9.17) is 4.74 Å². The highest BCUT2D eigenvalue weighted by Gasteiger charge is 2.50. The van der Waals surface area contributed by atoms with Gasteiger partial charge in [-0.1, -0.05) is 48.5 Å². The van der Waals surface area contributed by atoms with Gasteiger partial charge < -0.3 is 10.1 Å². The molecule has 0 aliphatic carbocycles. The van der Waals surface area contributed by atoms with Crippen LogP contribution in [0.1, 0.15) is 12.0 Å². The number of likely N-dealkylation sites (tertiary alicyclic amines) is 1. The molecule has 2 fully saturated rings. The summed E-state index contributed by atoms with van der Waals surface area (Å²) >= 11 is 0. The summed E-state index contributed by atoms with van der Waals surface area (Å²) in [5, 5.41) is 4.66. The van der Waals surface area contributed by atoms with Gasteiger partial charge in [0.05, 0.1) is 23.6 Å². The van der Waals surface area contributed by atoms with E-state index in [-0.39, 0.29) is 29.7 Å². The average molecular weight is 423 g/mol. The molecule has 7 nitrogen and oxygen atoms in total. The highest BCUT2D eigenvalue weighted by atomic mass is 16.5. The quantitative estimate of drug-likeness (QED) is 0.635. The number of benzene rings is 2. The monoisotopic (exact) mass is 422 g/mol. The maximum atomic E-state index is 13.3. The van der Waals surface area contributed by atoms with E-state index in [1.807, 2.05) is 48.5 Å². The third-order valence-corrected chi connectivity index (χ3v) is 6.02. The Balaban J connectivity index is 1.52. The molecule has 2 aliphatic rings. The lowest BCUT2D eigenvalue weighted by Gasteiger charge is -2.38. The number of fused-ring (bicyclic) bond motifs is 1. The van der Waals surface area contributed by atoms with Gasteiger partial charge in [0.25, 0.3) is 0 Å². The van der Waals surface area contributed by atoms with E-state index in [0.717, 1.165) is 18.7 Å². The maximum Gasteiger partial charge on any atom is 0.247 e. The fourth-order valence-electron chi connectivity index (χ4n) is 4.48. The van der Waals surface area contributed by atoms with Crippen LogP contribution >= 0.6 is 0 Å². The standard InChI is InChI=1S/C24H30N4O3/c1-31-14-8-13-25-23(29)20-16-27(15-18-9-4-2-5-10-18)17-21-22(20)26-28(24(21)30)19-11-6-3-7-12-19/h2-7,9-12,20-22,26H,8,13-17H2,1H3,(H,25,29). The van der Waals surface area contributed by atoms with Gasteiger partial charge in [-0.3, -0.25) is 14.5 Å². The summed E-state index contributed by atoms with van der Waals surface area (Å²) in [6, 6.07) is 19.5. The second-order valence-corrected chi connectivity index (χ2v) is 8.19. The summed E-state index contributed by atoms with van der Waals surface area (Å²) in [6.45, 7) is 3.12. The number of ether oxygens (including phenoxy) is 1. The molecule has 0 aromatic heterocycles. The van der Waals surface area contributed by atoms with Crippen LogP contribution in [-0.2, 0) is 20.9 Å². The topological polar surface area (TPSA) is 73.9 Å². The van der Waals surface area contributed by atoms with E-state index in [1.54, 1.807) is 12.1 Å². The first-order valence-electron chi connectivity index (χ1n) is 10.9. The van der Waals surface area contributed by atoms with Crippen molar-refractivity contribution >= 4 is 17.5 Å². The van der Waals surface area contributed by atoms with E-state index in [9.17, 15) is 9.59 Å². The van der Waals surface area contributed by atoms with Crippen molar-refractivity contribution in [1.29, 1.82) is 0 Å². The van der Waals surface area contributed by atoms with Crippen LogP contribution in [0.2, 0.25) is 0 Å². The van der Waals surface area contributed by atoms with Crippen molar-refractivity contribution in [1.82, 2.24) is 15.6 Å². The molecule has 164 valence electrons. The highest BCUT2D eigenvalue weighted by Crippen LogP contribution is 2.32. The Hall–Kier alpha value is -2.74. The zero-order valence-corrected chi connectivity index (χ0v) is 17.9. The van der Waals surface area contributed by atoms with Crippen LogP contribution in [0, 0.1) is 11.8 Å². The predicted molar refractivity (Wildman–Crippen MR) is 119 cm³/mol. The Labute approximate surface area is 183 Å². The van der Waals surface area contributed by atoms with Gasteiger partial charge in [0.1, 0.15) is 0 Å². The van der Waals surface area contributed by atoms with Gasteiger partial charge in [0, 0.05) is 39.9 Å². The summed E-state index contributed by atoms with van der Waals surface area (Å²) in [5.41, 5.74) is 5.33. The second-order valence-electron chi connectivity index (χ2n) is 8.19. The Bertz CT molecular complexity index is 877. The normalized spacial score (nSPS) is 23.6. The number of carbonyl (C=O) groups excluding carboxylic acids is 2. The molecule has 7 heteroatoms. The van der Waals surface area contributed by atoms with Crippen molar-refractivity contribution < 1.29 is 14.3 Å². The minimum Gasteiger partial charge on any atom is -0.385 e. The molecule has 2 N–H and O–H groups in total. The lowest BCUT2D eigenvalue weighted by atomic mass is 9.83. The molecule has 0 radical (unpaired) electrons. The zero-order chi connectivity index (χ0) is 21.6. The van der Waals surface area contributed by atoms with E-state index >= 15 is 0 Å². The number of nitrogens with zero attached hydrogens (tertiary/aromatic N) is 2. The molecule has 2 aromatic rings. The van der Waals surface area contributed by atoms with Crippen LogP contribution in [0.4, 0.5) is 5.69 Å². The van der Waals surface area contributed by atoms with Crippen LogP contribution < -0.4 is 15.8 Å². The van der Waals surface area contributed by atoms with Gasteiger partial charge in [0.15, 0.2) is 0 Å². The molecule has 0 spiro atoms. The number of hydrazine groups is 1. The average Bonchev–Trinajstić information content (AvgIpc) is 3.14.